The standard InChI is InChI=1S/C30H36ClN3O4S/c1-6-23(4)32-30(36)24(5)33(19-25-15-12-21(2)13-16-25)29(35)20-34(28-18-26(31)17-14-22(28)3)39(37,38)27-10-8-7-9-11-27/h7-18,23-24H,6,19-20H2,1-5H3,(H,32,36)/t23-,24-/m1/s1. The lowest BCUT2D eigenvalue weighted by molar-refractivity contribution is -0.139. The summed E-state index contributed by atoms with van der Waals surface area (Å²) in [5.74, 6) is -0.817. The van der Waals surface area contributed by atoms with Crippen LogP contribution in [0.5, 0.6) is 0 Å². The Morgan fingerprint density at radius 2 is 1.59 bits per heavy atom. The molecule has 0 unspecified atom stereocenters. The summed E-state index contributed by atoms with van der Waals surface area (Å²) in [6.45, 7) is 8.87. The van der Waals surface area contributed by atoms with E-state index in [1.54, 1.807) is 44.2 Å². The molecule has 0 aliphatic carbocycles. The zero-order valence-corrected chi connectivity index (χ0v) is 24.6. The van der Waals surface area contributed by atoms with E-state index in [0.29, 0.717) is 16.3 Å². The Balaban J connectivity index is 2.05. The second-order valence-electron chi connectivity index (χ2n) is 9.76. The summed E-state index contributed by atoms with van der Waals surface area (Å²) in [5, 5.41) is 3.28. The summed E-state index contributed by atoms with van der Waals surface area (Å²) < 4.78 is 28.8. The summed E-state index contributed by atoms with van der Waals surface area (Å²) in [6, 6.07) is 19.6. The molecule has 0 fully saturated rings. The second-order valence-corrected chi connectivity index (χ2v) is 12.1. The largest absolute Gasteiger partial charge is 0.352 e. The number of anilines is 1. The minimum atomic E-state index is -4.14. The lowest BCUT2D eigenvalue weighted by atomic mass is 10.1. The molecule has 0 aliphatic rings. The molecule has 39 heavy (non-hydrogen) atoms. The predicted octanol–water partition coefficient (Wildman–Crippen LogP) is 5.48. The number of carbonyl (C=O) groups excluding carboxylic acids is 2. The van der Waals surface area contributed by atoms with Gasteiger partial charge in [-0.3, -0.25) is 13.9 Å². The van der Waals surface area contributed by atoms with Gasteiger partial charge >= 0.3 is 0 Å². The first-order chi connectivity index (χ1) is 18.4. The molecule has 3 rings (SSSR count). The van der Waals surface area contributed by atoms with Crippen LogP contribution in [0.2, 0.25) is 5.02 Å². The van der Waals surface area contributed by atoms with Crippen molar-refractivity contribution in [3.8, 4) is 0 Å². The summed E-state index contributed by atoms with van der Waals surface area (Å²) in [4.78, 5) is 28.6. The Hall–Kier alpha value is -3.36. The maximum atomic E-state index is 14.0. The Kier molecular flexibility index (Phi) is 10.2. The number of halogens is 1. The van der Waals surface area contributed by atoms with Gasteiger partial charge in [-0.2, -0.15) is 0 Å². The maximum absolute atomic E-state index is 14.0. The van der Waals surface area contributed by atoms with Gasteiger partial charge in [0.15, 0.2) is 0 Å². The van der Waals surface area contributed by atoms with Crippen LogP contribution >= 0.6 is 11.6 Å². The van der Waals surface area contributed by atoms with Crippen molar-refractivity contribution >= 4 is 39.1 Å². The van der Waals surface area contributed by atoms with Crippen molar-refractivity contribution in [3.05, 3.63) is 94.5 Å². The summed E-state index contributed by atoms with van der Waals surface area (Å²) in [7, 11) is -4.14. The van der Waals surface area contributed by atoms with Crippen LogP contribution in [0.4, 0.5) is 5.69 Å². The smallest absolute Gasteiger partial charge is 0.264 e. The van der Waals surface area contributed by atoms with Gasteiger partial charge in [0.05, 0.1) is 10.6 Å². The summed E-state index contributed by atoms with van der Waals surface area (Å²) in [6.07, 6.45) is 0.738. The zero-order valence-electron chi connectivity index (χ0n) is 23.0. The SMILES string of the molecule is CC[C@@H](C)NC(=O)[C@@H](C)N(Cc1ccc(C)cc1)C(=O)CN(c1cc(Cl)ccc1C)S(=O)(=O)c1ccccc1. The molecule has 0 aliphatic heterocycles. The molecule has 0 saturated carbocycles. The number of aryl methyl sites for hydroxylation is 2. The lowest BCUT2D eigenvalue weighted by Crippen LogP contribution is -2.52. The molecule has 0 spiro atoms. The van der Waals surface area contributed by atoms with E-state index in [2.05, 4.69) is 5.32 Å². The van der Waals surface area contributed by atoms with Crippen LogP contribution in [0, 0.1) is 13.8 Å². The van der Waals surface area contributed by atoms with Crippen LogP contribution in [0.3, 0.4) is 0 Å². The minimum absolute atomic E-state index is 0.0461. The molecule has 3 aromatic carbocycles. The second kappa shape index (κ2) is 13.1. The Labute approximate surface area is 236 Å². The van der Waals surface area contributed by atoms with Gasteiger partial charge in [0.1, 0.15) is 12.6 Å². The lowest BCUT2D eigenvalue weighted by Gasteiger charge is -2.33. The average Bonchev–Trinajstić information content (AvgIpc) is 2.92. The fraction of sp³-hybridized carbons (Fsp3) is 0.333. The minimum Gasteiger partial charge on any atom is -0.352 e. The Morgan fingerprint density at radius 1 is 0.949 bits per heavy atom. The van der Waals surface area contributed by atoms with E-state index in [9.17, 15) is 18.0 Å². The predicted molar refractivity (Wildman–Crippen MR) is 156 cm³/mol. The molecule has 2 atom stereocenters. The number of sulfonamides is 1. The van der Waals surface area contributed by atoms with Gasteiger partial charge < -0.3 is 10.2 Å². The maximum Gasteiger partial charge on any atom is 0.264 e. The molecule has 0 saturated heterocycles. The Bertz CT molecular complexity index is 1400. The van der Waals surface area contributed by atoms with E-state index in [0.717, 1.165) is 21.9 Å². The van der Waals surface area contributed by atoms with Crippen LogP contribution in [0.15, 0.2) is 77.7 Å². The van der Waals surface area contributed by atoms with Crippen LogP contribution in [-0.4, -0.2) is 43.8 Å². The third kappa shape index (κ3) is 7.61. The van der Waals surface area contributed by atoms with E-state index in [1.807, 2.05) is 45.0 Å². The fourth-order valence-electron chi connectivity index (χ4n) is 4.02. The molecule has 0 aromatic heterocycles. The van der Waals surface area contributed by atoms with Gasteiger partial charge in [0.25, 0.3) is 10.0 Å². The third-order valence-electron chi connectivity index (χ3n) is 6.69. The van der Waals surface area contributed by atoms with E-state index in [1.165, 1.54) is 23.1 Å². The van der Waals surface area contributed by atoms with Crippen molar-refractivity contribution < 1.29 is 18.0 Å². The molecule has 0 heterocycles. The van der Waals surface area contributed by atoms with Crippen LogP contribution in [-0.2, 0) is 26.2 Å². The first-order valence-corrected chi connectivity index (χ1v) is 14.7. The molecular formula is C30H36ClN3O4S. The van der Waals surface area contributed by atoms with E-state index in [-0.39, 0.29) is 23.4 Å². The van der Waals surface area contributed by atoms with E-state index in [4.69, 9.17) is 11.6 Å². The number of hydrogen-bond acceptors (Lipinski definition) is 4. The third-order valence-corrected chi connectivity index (χ3v) is 8.70. The highest BCUT2D eigenvalue weighted by atomic mass is 35.5. The highest BCUT2D eigenvalue weighted by molar-refractivity contribution is 7.92. The number of carbonyl (C=O) groups is 2. The van der Waals surface area contributed by atoms with Gasteiger partial charge in [-0.05, 0) is 69.5 Å². The van der Waals surface area contributed by atoms with Crippen molar-refractivity contribution in [3.63, 3.8) is 0 Å². The Morgan fingerprint density at radius 3 is 2.21 bits per heavy atom. The van der Waals surface area contributed by atoms with Crippen molar-refractivity contribution in [1.82, 2.24) is 10.2 Å². The number of rotatable bonds is 11. The van der Waals surface area contributed by atoms with Gasteiger partial charge in [-0.15, -0.1) is 0 Å². The average molecular weight is 570 g/mol. The van der Waals surface area contributed by atoms with Gasteiger partial charge in [0.2, 0.25) is 11.8 Å². The van der Waals surface area contributed by atoms with Crippen molar-refractivity contribution in [1.29, 1.82) is 0 Å². The number of nitrogens with zero attached hydrogens (tertiary/aromatic N) is 2. The van der Waals surface area contributed by atoms with Gasteiger partial charge in [-0.1, -0.05) is 72.6 Å². The highest BCUT2D eigenvalue weighted by Gasteiger charge is 2.33. The van der Waals surface area contributed by atoms with Crippen LogP contribution < -0.4 is 9.62 Å². The first-order valence-electron chi connectivity index (χ1n) is 12.9. The van der Waals surface area contributed by atoms with E-state index >= 15 is 0 Å². The fourth-order valence-corrected chi connectivity index (χ4v) is 5.68. The molecule has 9 heteroatoms. The normalized spacial score (nSPS) is 12.9. The van der Waals surface area contributed by atoms with Gasteiger partial charge in [0, 0.05) is 17.6 Å². The zero-order chi connectivity index (χ0) is 28.7. The summed E-state index contributed by atoms with van der Waals surface area (Å²) >= 11 is 6.26. The topological polar surface area (TPSA) is 86.8 Å². The molecule has 2 amide bonds. The first kappa shape index (κ1) is 30.2. The molecule has 0 radical (unpaired) electrons. The van der Waals surface area contributed by atoms with E-state index < -0.39 is 28.5 Å². The number of amides is 2. The van der Waals surface area contributed by atoms with Crippen LogP contribution in [0.1, 0.15) is 43.9 Å². The van der Waals surface area contributed by atoms with Crippen molar-refractivity contribution in [2.45, 2.75) is 64.6 Å². The van der Waals surface area contributed by atoms with Crippen molar-refractivity contribution in [2.75, 3.05) is 10.8 Å². The number of benzene rings is 3. The van der Waals surface area contributed by atoms with Crippen LogP contribution in [0.25, 0.3) is 0 Å². The highest BCUT2D eigenvalue weighted by Crippen LogP contribution is 2.30. The summed E-state index contributed by atoms with van der Waals surface area (Å²) in [5.41, 5.74) is 2.83. The van der Waals surface area contributed by atoms with Crippen molar-refractivity contribution in [2.24, 2.45) is 0 Å². The monoisotopic (exact) mass is 569 g/mol. The molecule has 1 N–H and O–H groups in total. The van der Waals surface area contributed by atoms with Gasteiger partial charge in [-0.25, -0.2) is 8.42 Å². The molecule has 3 aromatic rings. The molecular weight excluding hydrogens is 534 g/mol. The number of hydrogen-bond donors (Lipinski definition) is 1. The quantitative estimate of drug-likeness (QED) is 0.331. The number of nitrogens with one attached hydrogen (secondary N) is 1. The molecule has 0 bridgehead atoms. The molecule has 208 valence electrons. The molecule has 7 nitrogen and oxygen atoms in total.